The van der Waals surface area contributed by atoms with E-state index in [-0.39, 0.29) is 5.75 Å². The number of benzene rings is 1. The molecular weight excluding hydrogens is 176 g/mol. The van der Waals surface area contributed by atoms with Crippen molar-refractivity contribution in [3.63, 3.8) is 0 Å². The number of aromatic nitrogens is 1. The Balaban J connectivity index is 2.63. The Labute approximate surface area is 81.8 Å². The van der Waals surface area contributed by atoms with E-state index in [1.165, 1.54) is 0 Å². The zero-order chi connectivity index (χ0) is 9.97. The van der Waals surface area contributed by atoms with Crippen molar-refractivity contribution >= 4 is 5.69 Å². The summed E-state index contributed by atoms with van der Waals surface area (Å²) in [5, 5.41) is 9.62. The van der Waals surface area contributed by atoms with E-state index in [4.69, 9.17) is 5.73 Å². The van der Waals surface area contributed by atoms with Gasteiger partial charge in [0, 0.05) is 11.9 Å². The molecule has 3 nitrogen and oxygen atoms in total. The minimum absolute atomic E-state index is 0.156. The average Bonchev–Trinajstić information content (AvgIpc) is 2.19. The number of aromatic hydroxyl groups is 1. The molecule has 0 aliphatic heterocycles. The third kappa shape index (κ3) is 1.40. The molecule has 0 amide bonds. The number of rotatable bonds is 1. The first-order valence-electron chi connectivity index (χ1n) is 4.28. The van der Waals surface area contributed by atoms with Crippen molar-refractivity contribution in [2.45, 2.75) is 0 Å². The Bertz CT molecular complexity index is 420. The van der Waals surface area contributed by atoms with Crippen molar-refractivity contribution in [1.29, 1.82) is 0 Å². The van der Waals surface area contributed by atoms with E-state index in [0.29, 0.717) is 16.9 Å². The minimum atomic E-state index is 0.156. The van der Waals surface area contributed by atoms with Crippen molar-refractivity contribution in [3.05, 3.63) is 42.6 Å². The molecule has 0 spiro atoms. The first-order valence-corrected chi connectivity index (χ1v) is 4.28. The zero-order valence-corrected chi connectivity index (χ0v) is 7.51. The van der Waals surface area contributed by atoms with Gasteiger partial charge in [-0.25, -0.2) is 0 Å². The van der Waals surface area contributed by atoms with E-state index in [9.17, 15) is 5.11 Å². The van der Waals surface area contributed by atoms with E-state index in [1.54, 1.807) is 24.4 Å². The highest BCUT2D eigenvalue weighted by Crippen LogP contribution is 2.32. The fourth-order valence-corrected chi connectivity index (χ4v) is 1.35. The van der Waals surface area contributed by atoms with Crippen LogP contribution in [0.4, 0.5) is 5.69 Å². The number of hydrogen-bond donors (Lipinski definition) is 2. The fraction of sp³-hybridized carbons (Fsp3) is 0. The van der Waals surface area contributed by atoms with Gasteiger partial charge in [0.1, 0.15) is 5.75 Å². The van der Waals surface area contributed by atoms with Crippen LogP contribution < -0.4 is 5.73 Å². The smallest absolute Gasteiger partial charge is 0.127 e. The quantitative estimate of drug-likeness (QED) is 0.670. The zero-order valence-electron chi connectivity index (χ0n) is 7.51. The average molecular weight is 186 g/mol. The molecule has 1 heterocycles. The van der Waals surface area contributed by atoms with E-state index in [0.717, 1.165) is 0 Å². The number of pyridine rings is 1. The van der Waals surface area contributed by atoms with Crippen molar-refractivity contribution in [1.82, 2.24) is 4.98 Å². The number of anilines is 1. The molecule has 0 radical (unpaired) electrons. The van der Waals surface area contributed by atoms with E-state index in [1.807, 2.05) is 18.2 Å². The van der Waals surface area contributed by atoms with Crippen LogP contribution in [0.5, 0.6) is 5.75 Å². The molecular formula is C11H10N2O. The fourth-order valence-electron chi connectivity index (χ4n) is 1.35. The summed E-state index contributed by atoms with van der Waals surface area (Å²) in [6, 6.07) is 10.5. The van der Waals surface area contributed by atoms with Gasteiger partial charge in [-0.1, -0.05) is 12.1 Å². The molecule has 2 rings (SSSR count). The first kappa shape index (κ1) is 8.56. The van der Waals surface area contributed by atoms with Crippen molar-refractivity contribution in [3.8, 4) is 17.0 Å². The van der Waals surface area contributed by atoms with Gasteiger partial charge in [0.25, 0.3) is 0 Å². The second kappa shape index (κ2) is 3.38. The van der Waals surface area contributed by atoms with E-state index < -0.39 is 0 Å². The van der Waals surface area contributed by atoms with Crippen LogP contribution in [-0.2, 0) is 0 Å². The molecule has 1 aromatic carbocycles. The number of hydrogen-bond acceptors (Lipinski definition) is 3. The summed E-state index contributed by atoms with van der Waals surface area (Å²) in [5.41, 5.74) is 7.56. The lowest BCUT2D eigenvalue weighted by Crippen LogP contribution is -1.91. The topological polar surface area (TPSA) is 59.1 Å². The maximum atomic E-state index is 9.62. The Morgan fingerprint density at radius 2 is 1.93 bits per heavy atom. The molecule has 0 fully saturated rings. The number of phenols is 1. The summed E-state index contributed by atoms with van der Waals surface area (Å²) in [7, 11) is 0. The highest BCUT2D eigenvalue weighted by molar-refractivity contribution is 5.79. The molecule has 70 valence electrons. The van der Waals surface area contributed by atoms with Gasteiger partial charge in [-0.2, -0.15) is 0 Å². The van der Waals surface area contributed by atoms with Crippen LogP contribution in [0.25, 0.3) is 11.3 Å². The normalized spacial score (nSPS) is 10.0. The summed E-state index contributed by atoms with van der Waals surface area (Å²) in [4.78, 5) is 4.13. The first-order chi connectivity index (χ1) is 6.79. The van der Waals surface area contributed by atoms with Crippen LogP contribution in [0.15, 0.2) is 42.6 Å². The maximum Gasteiger partial charge on any atom is 0.127 e. The molecule has 0 bridgehead atoms. The second-order valence-corrected chi connectivity index (χ2v) is 2.96. The summed E-state index contributed by atoms with van der Waals surface area (Å²) >= 11 is 0. The molecule has 0 unspecified atom stereocenters. The molecule has 0 aliphatic carbocycles. The van der Waals surface area contributed by atoms with Gasteiger partial charge in [-0.3, -0.25) is 4.98 Å². The van der Waals surface area contributed by atoms with Gasteiger partial charge in [0.15, 0.2) is 0 Å². The Hall–Kier alpha value is -2.03. The number of nitrogen functional groups attached to an aromatic ring is 1. The SMILES string of the molecule is Nc1cccc(O)c1-c1ccccn1. The largest absolute Gasteiger partial charge is 0.507 e. The number of phenolic OH excluding ortho intramolecular Hbond substituents is 1. The molecule has 3 N–H and O–H groups in total. The van der Waals surface area contributed by atoms with Crippen molar-refractivity contribution in [2.24, 2.45) is 0 Å². The van der Waals surface area contributed by atoms with Gasteiger partial charge in [-0.05, 0) is 24.3 Å². The van der Waals surface area contributed by atoms with Crippen LogP contribution in [0.1, 0.15) is 0 Å². The lowest BCUT2D eigenvalue weighted by Gasteiger charge is -2.06. The summed E-state index contributed by atoms with van der Waals surface area (Å²) < 4.78 is 0. The lowest BCUT2D eigenvalue weighted by molar-refractivity contribution is 0.477. The molecule has 0 saturated carbocycles. The number of nitrogens with two attached hydrogens (primary N) is 1. The lowest BCUT2D eigenvalue weighted by atomic mass is 10.1. The van der Waals surface area contributed by atoms with Crippen molar-refractivity contribution < 1.29 is 5.11 Å². The molecule has 2 aromatic rings. The van der Waals surface area contributed by atoms with Crippen LogP contribution >= 0.6 is 0 Å². The van der Waals surface area contributed by atoms with Gasteiger partial charge in [-0.15, -0.1) is 0 Å². The Morgan fingerprint density at radius 1 is 1.07 bits per heavy atom. The molecule has 0 aliphatic rings. The van der Waals surface area contributed by atoms with Crippen molar-refractivity contribution in [2.75, 3.05) is 5.73 Å². The van der Waals surface area contributed by atoms with Crippen LogP contribution in [0, 0.1) is 0 Å². The molecule has 0 atom stereocenters. The maximum absolute atomic E-state index is 9.62. The highest BCUT2D eigenvalue weighted by Gasteiger charge is 2.07. The van der Waals surface area contributed by atoms with Gasteiger partial charge in [0.05, 0.1) is 11.3 Å². The summed E-state index contributed by atoms with van der Waals surface area (Å²) in [6.07, 6.45) is 1.67. The standard InChI is InChI=1S/C11H10N2O/c12-8-4-3-6-10(14)11(8)9-5-1-2-7-13-9/h1-7,14H,12H2. The predicted molar refractivity (Wildman–Crippen MR) is 55.8 cm³/mol. The van der Waals surface area contributed by atoms with Gasteiger partial charge < -0.3 is 10.8 Å². The van der Waals surface area contributed by atoms with E-state index >= 15 is 0 Å². The summed E-state index contributed by atoms with van der Waals surface area (Å²) in [6.45, 7) is 0. The second-order valence-electron chi connectivity index (χ2n) is 2.96. The number of nitrogens with zero attached hydrogens (tertiary/aromatic N) is 1. The Morgan fingerprint density at radius 3 is 2.57 bits per heavy atom. The molecule has 3 heteroatoms. The third-order valence-corrected chi connectivity index (χ3v) is 2.00. The summed E-state index contributed by atoms with van der Waals surface area (Å²) in [5.74, 6) is 0.156. The minimum Gasteiger partial charge on any atom is -0.507 e. The Kier molecular flexibility index (Phi) is 2.07. The molecule has 1 aromatic heterocycles. The monoisotopic (exact) mass is 186 g/mol. The van der Waals surface area contributed by atoms with Crippen LogP contribution in [-0.4, -0.2) is 10.1 Å². The predicted octanol–water partition coefficient (Wildman–Crippen LogP) is 2.04. The third-order valence-electron chi connectivity index (χ3n) is 2.00. The van der Waals surface area contributed by atoms with Gasteiger partial charge >= 0.3 is 0 Å². The van der Waals surface area contributed by atoms with Gasteiger partial charge in [0.2, 0.25) is 0 Å². The highest BCUT2D eigenvalue weighted by atomic mass is 16.3. The molecule has 14 heavy (non-hydrogen) atoms. The molecule has 0 saturated heterocycles. The van der Waals surface area contributed by atoms with E-state index in [2.05, 4.69) is 4.98 Å². The van der Waals surface area contributed by atoms with Crippen LogP contribution in [0.2, 0.25) is 0 Å². The van der Waals surface area contributed by atoms with Crippen LogP contribution in [0.3, 0.4) is 0 Å².